The van der Waals surface area contributed by atoms with Crippen LogP contribution in [0.25, 0.3) is 0 Å². The van der Waals surface area contributed by atoms with E-state index in [0.29, 0.717) is 12.1 Å². The molecule has 36 heavy (non-hydrogen) atoms. The fraction of sp³-hybridized carbons (Fsp3) is 0.478. The zero-order chi connectivity index (χ0) is 26.4. The predicted octanol–water partition coefficient (Wildman–Crippen LogP) is -0.840. The van der Waals surface area contributed by atoms with Crippen LogP contribution in [0.3, 0.4) is 0 Å². The Labute approximate surface area is 211 Å². The van der Waals surface area contributed by atoms with E-state index in [-0.39, 0.29) is 13.1 Å². The van der Waals surface area contributed by atoms with Crippen LogP contribution in [0.1, 0.15) is 32.4 Å². The van der Waals surface area contributed by atoms with E-state index in [0.717, 1.165) is 4.90 Å². The summed E-state index contributed by atoms with van der Waals surface area (Å²) >= 11 is 1.36. The fourth-order valence-corrected chi connectivity index (χ4v) is 6.40. The van der Waals surface area contributed by atoms with Gasteiger partial charge in [-0.2, -0.15) is 0 Å². The predicted molar refractivity (Wildman–Crippen MR) is 129 cm³/mol. The van der Waals surface area contributed by atoms with Gasteiger partial charge in [-0.15, -0.1) is 11.8 Å². The molecule has 0 spiro atoms. The van der Waals surface area contributed by atoms with Crippen molar-refractivity contribution in [3.05, 3.63) is 35.9 Å². The molecule has 4 rings (SSSR count). The van der Waals surface area contributed by atoms with Gasteiger partial charge in [-0.3, -0.25) is 28.9 Å². The third kappa shape index (κ3) is 4.27. The lowest BCUT2D eigenvalue weighted by atomic mass is 9.95. The van der Waals surface area contributed by atoms with Gasteiger partial charge < -0.3 is 26.2 Å². The Hall–Kier alpha value is -3.61. The number of hydrogen-bond donors (Lipinski definition) is 3. The smallest absolute Gasteiger partial charge is 0.325 e. The second kappa shape index (κ2) is 9.45. The van der Waals surface area contributed by atoms with Crippen molar-refractivity contribution in [3.63, 3.8) is 0 Å². The van der Waals surface area contributed by atoms with E-state index in [9.17, 15) is 28.8 Å². The molecule has 0 saturated carbocycles. The van der Waals surface area contributed by atoms with Crippen LogP contribution in [-0.2, 0) is 24.0 Å². The standard InChI is InChI=1S/C23H28N6O6S/c1-4-27-10-11-28(20(34)19(27)33)22(35)26-13(12-8-6-5-7-9-12)17(31)25-14-18(32)29-15(16(24)30)23(2,3)36-21(14)29/h5-9,13-15,21H,4,10-11H2,1-3H3,(H2,24,30)(H,25,31)(H,26,35)/t13-,14-,15+,21-/m1/s1. The van der Waals surface area contributed by atoms with Crippen LogP contribution in [-0.4, -0.2) is 92.1 Å². The molecular weight excluding hydrogens is 488 g/mol. The average Bonchev–Trinajstić information content (AvgIpc) is 3.10. The normalized spacial score (nSPS) is 25.7. The molecule has 0 unspecified atom stereocenters. The Morgan fingerprint density at radius 3 is 2.39 bits per heavy atom. The summed E-state index contributed by atoms with van der Waals surface area (Å²) < 4.78 is -0.633. The lowest BCUT2D eigenvalue weighted by Gasteiger charge is -2.44. The van der Waals surface area contributed by atoms with Gasteiger partial charge >= 0.3 is 17.8 Å². The molecule has 0 bridgehead atoms. The molecule has 12 nitrogen and oxygen atoms in total. The monoisotopic (exact) mass is 516 g/mol. The highest BCUT2D eigenvalue weighted by Crippen LogP contribution is 2.50. The van der Waals surface area contributed by atoms with Crippen LogP contribution in [0, 0.1) is 0 Å². The van der Waals surface area contributed by atoms with Gasteiger partial charge in [0.05, 0.1) is 0 Å². The highest BCUT2D eigenvalue weighted by molar-refractivity contribution is 8.01. The zero-order valence-electron chi connectivity index (χ0n) is 20.1. The Bertz CT molecular complexity index is 1130. The van der Waals surface area contributed by atoms with Crippen molar-refractivity contribution >= 4 is 47.3 Å². The van der Waals surface area contributed by atoms with Gasteiger partial charge in [0.25, 0.3) is 0 Å². The molecule has 3 heterocycles. The molecule has 3 aliphatic rings. The van der Waals surface area contributed by atoms with Gasteiger partial charge in [0.2, 0.25) is 17.7 Å². The van der Waals surface area contributed by atoms with E-state index in [1.54, 1.807) is 51.1 Å². The largest absolute Gasteiger partial charge is 0.368 e. The number of thioether (sulfide) groups is 1. The van der Waals surface area contributed by atoms with E-state index in [4.69, 9.17) is 5.73 Å². The summed E-state index contributed by atoms with van der Waals surface area (Å²) in [4.78, 5) is 79.3. The van der Waals surface area contributed by atoms with Gasteiger partial charge in [0.15, 0.2) is 0 Å². The number of nitrogens with one attached hydrogen (secondary N) is 2. The summed E-state index contributed by atoms with van der Waals surface area (Å²) in [5.41, 5.74) is 5.94. The number of urea groups is 1. The third-order valence-electron chi connectivity index (χ3n) is 6.61. The Balaban J connectivity index is 1.51. The van der Waals surface area contributed by atoms with E-state index < -0.39 is 63.8 Å². The topological polar surface area (TPSA) is 162 Å². The number of amides is 7. The molecule has 4 atom stereocenters. The lowest BCUT2D eigenvalue weighted by Crippen LogP contribution is -2.71. The fourth-order valence-electron chi connectivity index (χ4n) is 4.76. The van der Waals surface area contributed by atoms with Crippen molar-refractivity contribution in [2.45, 2.75) is 49.0 Å². The number of piperazine rings is 1. The van der Waals surface area contributed by atoms with Crippen molar-refractivity contribution in [3.8, 4) is 0 Å². The van der Waals surface area contributed by atoms with E-state index >= 15 is 0 Å². The van der Waals surface area contributed by atoms with E-state index in [2.05, 4.69) is 10.6 Å². The highest BCUT2D eigenvalue weighted by Gasteiger charge is 2.63. The second-order valence-electron chi connectivity index (χ2n) is 9.28. The highest BCUT2D eigenvalue weighted by atomic mass is 32.2. The molecule has 4 N–H and O–H groups in total. The van der Waals surface area contributed by atoms with Gasteiger partial charge in [-0.1, -0.05) is 30.3 Å². The summed E-state index contributed by atoms with van der Waals surface area (Å²) in [6.45, 7) is 5.87. The minimum Gasteiger partial charge on any atom is -0.368 e. The van der Waals surface area contributed by atoms with Crippen LogP contribution in [0.2, 0.25) is 0 Å². The first-order valence-corrected chi connectivity index (χ1v) is 12.4. The molecule has 0 aliphatic carbocycles. The number of fused-ring (bicyclic) bond motifs is 1. The summed E-state index contributed by atoms with van der Waals surface area (Å²) in [6.07, 6.45) is 0. The molecular formula is C23H28N6O6S. The number of rotatable bonds is 6. The summed E-state index contributed by atoms with van der Waals surface area (Å²) in [7, 11) is 0. The maximum absolute atomic E-state index is 13.3. The van der Waals surface area contributed by atoms with Crippen molar-refractivity contribution in [1.29, 1.82) is 0 Å². The number of carbonyl (C=O) groups excluding carboxylic acids is 6. The number of nitrogens with zero attached hydrogens (tertiary/aromatic N) is 3. The van der Waals surface area contributed by atoms with E-state index in [1.807, 2.05) is 0 Å². The van der Waals surface area contributed by atoms with Crippen LogP contribution in [0.5, 0.6) is 0 Å². The van der Waals surface area contributed by atoms with Gasteiger partial charge in [-0.25, -0.2) is 4.79 Å². The lowest BCUT2D eigenvalue weighted by molar-refractivity contribution is -0.154. The van der Waals surface area contributed by atoms with Gasteiger partial charge in [-0.05, 0) is 26.3 Å². The minimum absolute atomic E-state index is 0.00819. The number of likely N-dealkylation sites (N-methyl/N-ethyl adjacent to an activating group) is 1. The number of β-lactam (4-membered cyclic amide) rings is 1. The molecule has 0 radical (unpaired) electrons. The number of carbonyl (C=O) groups is 6. The number of hydrogen-bond acceptors (Lipinski definition) is 7. The summed E-state index contributed by atoms with van der Waals surface area (Å²) in [5.74, 6) is -3.49. The maximum atomic E-state index is 13.3. The number of nitrogens with two attached hydrogens (primary N) is 1. The van der Waals surface area contributed by atoms with Crippen molar-refractivity contribution in [2.24, 2.45) is 5.73 Å². The molecule has 3 aliphatic heterocycles. The molecule has 3 saturated heterocycles. The first-order chi connectivity index (χ1) is 17.0. The van der Waals surface area contributed by atoms with Crippen molar-refractivity contribution in [1.82, 2.24) is 25.3 Å². The second-order valence-corrected chi connectivity index (χ2v) is 11.1. The average molecular weight is 517 g/mol. The van der Waals surface area contributed by atoms with Crippen molar-refractivity contribution in [2.75, 3.05) is 19.6 Å². The van der Waals surface area contributed by atoms with Crippen molar-refractivity contribution < 1.29 is 28.8 Å². The quantitative estimate of drug-likeness (QED) is 0.328. The molecule has 0 aromatic heterocycles. The first-order valence-electron chi connectivity index (χ1n) is 11.5. The van der Waals surface area contributed by atoms with Crippen LogP contribution in [0.4, 0.5) is 4.79 Å². The van der Waals surface area contributed by atoms with E-state index in [1.165, 1.54) is 21.6 Å². The molecule has 7 amide bonds. The van der Waals surface area contributed by atoms with Gasteiger partial charge in [0, 0.05) is 24.4 Å². The summed E-state index contributed by atoms with van der Waals surface area (Å²) in [5, 5.41) is 4.73. The Morgan fingerprint density at radius 1 is 1.11 bits per heavy atom. The zero-order valence-corrected chi connectivity index (χ0v) is 20.9. The number of imide groups is 1. The minimum atomic E-state index is -1.24. The van der Waals surface area contributed by atoms with Crippen LogP contribution in [0.15, 0.2) is 30.3 Å². The van der Waals surface area contributed by atoms with Crippen LogP contribution >= 0.6 is 11.8 Å². The molecule has 3 fully saturated rings. The Morgan fingerprint density at radius 2 is 1.78 bits per heavy atom. The number of benzene rings is 1. The maximum Gasteiger partial charge on any atom is 0.325 e. The SMILES string of the molecule is CCN1CCN(C(=O)N[C@@H](C(=O)N[C@@H]2C(=O)N3[C@@H]2SC(C)(C)[C@@H]3C(N)=O)c2ccccc2)C(=O)C1=O. The number of primary amides is 1. The molecule has 1 aromatic carbocycles. The first kappa shape index (κ1) is 25.5. The molecule has 192 valence electrons. The molecule has 1 aromatic rings. The third-order valence-corrected chi connectivity index (χ3v) is 8.18. The van der Waals surface area contributed by atoms with Gasteiger partial charge in [0.1, 0.15) is 23.5 Å². The molecule has 13 heteroatoms. The Kier molecular flexibility index (Phi) is 6.69. The van der Waals surface area contributed by atoms with Crippen LogP contribution < -0.4 is 16.4 Å². The summed E-state index contributed by atoms with van der Waals surface area (Å²) in [6, 6.07) is 4.50.